The summed E-state index contributed by atoms with van der Waals surface area (Å²) in [5, 5.41) is 0.303. The van der Waals surface area contributed by atoms with Crippen molar-refractivity contribution in [3.8, 4) is 0 Å². The summed E-state index contributed by atoms with van der Waals surface area (Å²) >= 11 is 0. The van der Waals surface area contributed by atoms with Crippen LogP contribution in [-0.2, 0) is 4.43 Å². The number of allylic oxidation sites excluding steroid dienone is 2. The van der Waals surface area contributed by atoms with Gasteiger partial charge in [0.15, 0.2) is 0 Å². The Labute approximate surface area is 78.0 Å². The van der Waals surface area contributed by atoms with Crippen molar-refractivity contribution in [1.29, 1.82) is 0 Å². The Hall–Kier alpha value is -0.243. The Morgan fingerprint density at radius 2 is 1.67 bits per heavy atom. The largest absolute Gasteiger partial charge is 0.547 e. The van der Waals surface area contributed by atoms with Gasteiger partial charge in [0.1, 0.15) is 0 Å². The quantitative estimate of drug-likeness (QED) is 0.469. The fourth-order valence-corrected chi connectivity index (χ4v) is 1.84. The van der Waals surface area contributed by atoms with E-state index >= 15 is 0 Å². The van der Waals surface area contributed by atoms with Crippen LogP contribution in [0.4, 0.5) is 0 Å². The molecule has 0 aromatic rings. The van der Waals surface area contributed by atoms with Crippen LogP contribution in [0.25, 0.3) is 0 Å². The van der Waals surface area contributed by atoms with Crippen molar-refractivity contribution in [1.82, 2.24) is 0 Å². The van der Waals surface area contributed by atoms with Crippen LogP contribution in [0.5, 0.6) is 0 Å². The van der Waals surface area contributed by atoms with Gasteiger partial charge in [0.05, 0.1) is 5.76 Å². The highest BCUT2D eigenvalue weighted by Crippen LogP contribution is 2.37. The summed E-state index contributed by atoms with van der Waals surface area (Å²) in [5.41, 5.74) is 0. The molecule has 0 atom stereocenters. The predicted octanol–water partition coefficient (Wildman–Crippen LogP) is 3.93. The van der Waals surface area contributed by atoms with Crippen LogP contribution in [0, 0.1) is 0 Å². The van der Waals surface area contributed by atoms with E-state index in [1.165, 1.54) is 0 Å². The molecule has 0 aliphatic carbocycles. The van der Waals surface area contributed by atoms with Gasteiger partial charge in [-0.25, -0.2) is 0 Å². The van der Waals surface area contributed by atoms with Crippen LogP contribution in [0.15, 0.2) is 11.8 Å². The molecule has 0 unspecified atom stereocenters. The number of rotatable bonds is 2. The van der Waals surface area contributed by atoms with Crippen LogP contribution in [0.3, 0.4) is 0 Å². The summed E-state index contributed by atoms with van der Waals surface area (Å²) < 4.78 is 5.95. The fraction of sp³-hybridized carbons (Fsp3) is 0.800. The highest BCUT2D eigenvalue weighted by molar-refractivity contribution is 6.74. The molecule has 0 aliphatic rings. The number of hydrogen-bond donors (Lipinski definition) is 0. The van der Waals surface area contributed by atoms with E-state index in [1.807, 2.05) is 19.9 Å². The molecule has 0 bridgehead atoms. The maximum absolute atomic E-state index is 5.95. The Morgan fingerprint density at radius 3 is 1.92 bits per heavy atom. The van der Waals surface area contributed by atoms with Crippen molar-refractivity contribution in [2.24, 2.45) is 0 Å². The lowest BCUT2D eigenvalue weighted by Crippen LogP contribution is -2.40. The molecule has 0 amide bonds. The molecule has 72 valence electrons. The van der Waals surface area contributed by atoms with Gasteiger partial charge >= 0.3 is 0 Å². The molecule has 0 fully saturated rings. The van der Waals surface area contributed by atoms with Crippen molar-refractivity contribution in [2.75, 3.05) is 0 Å². The first-order valence-electron chi connectivity index (χ1n) is 4.52. The molecule has 0 saturated heterocycles. The third-order valence-electron chi connectivity index (χ3n) is 2.63. The van der Waals surface area contributed by atoms with Crippen LogP contribution < -0.4 is 0 Å². The molecular formula is C10H22OSi. The fourth-order valence-electron chi connectivity index (χ4n) is 0.614. The van der Waals surface area contributed by atoms with Gasteiger partial charge in [-0.1, -0.05) is 26.8 Å². The first-order valence-corrected chi connectivity index (χ1v) is 7.43. The second kappa shape index (κ2) is 3.65. The summed E-state index contributed by atoms with van der Waals surface area (Å²) in [7, 11) is -1.56. The lowest BCUT2D eigenvalue weighted by atomic mass is 10.2. The smallest absolute Gasteiger partial charge is 0.250 e. The second-order valence-electron chi connectivity index (χ2n) is 4.76. The summed E-state index contributed by atoms with van der Waals surface area (Å²) in [6.45, 7) is 15.3. The van der Waals surface area contributed by atoms with E-state index in [-0.39, 0.29) is 0 Å². The highest BCUT2D eigenvalue weighted by atomic mass is 28.4. The second-order valence-corrected chi connectivity index (χ2v) is 9.49. The molecule has 0 aromatic heterocycles. The van der Waals surface area contributed by atoms with Crippen molar-refractivity contribution < 1.29 is 4.43 Å². The summed E-state index contributed by atoms with van der Waals surface area (Å²) in [4.78, 5) is 0. The van der Waals surface area contributed by atoms with Gasteiger partial charge in [-0.05, 0) is 32.0 Å². The van der Waals surface area contributed by atoms with Gasteiger partial charge in [-0.15, -0.1) is 0 Å². The standard InChI is InChI=1S/C10H22OSi/c1-8-9(2)11-12(6,7)10(3,4)5/h8H,1-7H3/b9-8+. The average Bonchev–Trinajstić information content (AvgIpc) is 1.84. The zero-order valence-electron chi connectivity index (χ0n) is 9.49. The molecule has 0 spiro atoms. The zero-order valence-corrected chi connectivity index (χ0v) is 10.5. The Morgan fingerprint density at radius 1 is 1.25 bits per heavy atom. The Bertz CT molecular complexity index is 175. The minimum Gasteiger partial charge on any atom is -0.547 e. The van der Waals surface area contributed by atoms with Crippen LogP contribution >= 0.6 is 0 Å². The third-order valence-corrected chi connectivity index (χ3v) is 7.07. The first-order chi connectivity index (χ1) is 5.20. The summed E-state index contributed by atoms with van der Waals surface area (Å²) in [6.07, 6.45) is 2.03. The van der Waals surface area contributed by atoms with Gasteiger partial charge in [-0.2, -0.15) is 0 Å². The average molecular weight is 186 g/mol. The van der Waals surface area contributed by atoms with E-state index in [2.05, 4.69) is 33.9 Å². The molecule has 0 radical (unpaired) electrons. The minimum absolute atomic E-state index is 0.303. The van der Waals surface area contributed by atoms with Gasteiger partial charge in [-0.3, -0.25) is 0 Å². The molecule has 0 rings (SSSR count). The molecule has 0 heterocycles. The van der Waals surface area contributed by atoms with Crippen molar-refractivity contribution in [2.45, 2.75) is 52.8 Å². The lowest BCUT2D eigenvalue weighted by molar-refractivity contribution is 0.385. The lowest BCUT2D eigenvalue weighted by Gasteiger charge is -2.36. The SMILES string of the molecule is C/C=C(\C)O[Si](C)(C)C(C)(C)C. The molecular weight excluding hydrogens is 164 g/mol. The maximum atomic E-state index is 5.95. The predicted molar refractivity (Wildman–Crippen MR) is 57.7 cm³/mol. The van der Waals surface area contributed by atoms with E-state index < -0.39 is 8.32 Å². The summed E-state index contributed by atoms with van der Waals surface area (Å²) in [5.74, 6) is 1.06. The Balaban J connectivity index is 4.44. The summed E-state index contributed by atoms with van der Waals surface area (Å²) in [6, 6.07) is 0. The van der Waals surface area contributed by atoms with Crippen molar-refractivity contribution in [3.05, 3.63) is 11.8 Å². The van der Waals surface area contributed by atoms with Gasteiger partial charge < -0.3 is 4.43 Å². The Kier molecular flexibility index (Phi) is 3.57. The van der Waals surface area contributed by atoms with Crippen LogP contribution in [0.2, 0.25) is 18.1 Å². The van der Waals surface area contributed by atoms with Crippen molar-refractivity contribution >= 4 is 8.32 Å². The zero-order chi connectivity index (χ0) is 9.99. The first kappa shape index (κ1) is 11.8. The third kappa shape index (κ3) is 3.01. The van der Waals surface area contributed by atoms with E-state index in [4.69, 9.17) is 4.43 Å². The van der Waals surface area contributed by atoms with Gasteiger partial charge in [0.2, 0.25) is 8.32 Å². The van der Waals surface area contributed by atoms with E-state index in [0.29, 0.717) is 5.04 Å². The van der Waals surface area contributed by atoms with E-state index in [0.717, 1.165) is 5.76 Å². The molecule has 0 saturated carbocycles. The molecule has 0 N–H and O–H groups in total. The monoisotopic (exact) mass is 186 g/mol. The van der Waals surface area contributed by atoms with Gasteiger partial charge in [0, 0.05) is 0 Å². The van der Waals surface area contributed by atoms with E-state index in [9.17, 15) is 0 Å². The topological polar surface area (TPSA) is 9.23 Å². The molecule has 0 aromatic carbocycles. The highest BCUT2D eigenvalue weighted by Gasteiger charge is 2.38. The minimum atomic E-state index is -1.56. The normalized spacial score (nSPS) is 14.8. The van der Waals surface area contributed by atoms with Crippen molar-refractivity contribution in [3.63, 3.8) is 0 Å². The maximum Gasteiger partial charge on any atom is 0.250 e. The molecule has 0 aliphatic heterocycles. The number of hydrogen-bond acceptors (Lipinski definition) is 1. The molecule has 2 heteroatoms. The van der Waals surface area contributed by atoms with E-state index in [1.54, 1.807) is 0 Å². The van der Waals surface area contributed by atoms with Gasteiger partial charge in [0.25, 0.3) is 0 Å². The molecule has 1 nitrogen and oxygen atoms in total. The molecule has 12 heavy (non-hydrogen) atoms. The van der Waals surface area contributed by atoms with Crippen LogP contribution in [-0.4, -0.2) is 8.32 Å². The van der Waals surface area contributed by atoms with Crippen LogP contribution in [0.1, 0.15) is 34.6 Å².